The summed E-state index contributed by atoms with van der Waals surface area (Å²) >= 11 is 0. The van der Waals surface area contributed by atoms with Gasteiger partial charge in [0, 0.05) is 18.0 Å². The maximum absolute atomic E-state index is 13.3. The number of primary amides is 1. The van der Waals surface area contributed by atoms with E-state index in [-0.39, 0.29) is 17.9 Å². The van der Waals surface area contributed by atoms with Crippen LogP contribution in [0.15, 0.2) is 6.20 Å². The number of nitrogens with zero attached hydrogens (tertiary/aromatic N) is 2. The molecule has 4 saturated carbocycles. The normalized spacial score (nSPS) is 31.2. The van der Waals surface area contributed by atoms with Crippen molar-refractivity contribution in [2.75, 3.05) is 6.61 Å². The van der Waals surface area contributed by atoms with E-state index in [9.17, 15) is 14.7 Å². The van der Waals surface area contributed by atoms with Crippen LogP contribution < -0.4 is 15.8 Å². The van der Waals surface area contributed by atoms with Crippen LogP contribution in [0.3, 0.4) is 0 Å². The molecule has 4 aliphatic rings. The lowest BCUT2D eigenvalue weighted by atomic mass is 9.52. The van der Waals surface area contributed by atoms with Crippen molar-refractivity contribution in [3.63, 3.8) is 0 Å². The number of hydrogen-bond acceptors (Lipinski definition) is 5. The number of carbonyl (C=O) groups excluding carboxylic acids is 2. The molecule has 2 unspecified atom stereocenters. The number of aryl methyl sites for hydroxylation is 1. The minimum atomic E-state index is -0.676. The van der Waals surface area contributed by atoms with Gasteiger partial charge in [0.05, 0.1) is 18.4 Å². The zero-order valence-corrected chi connectivity index (χ0v) is 19.8. The fraction of sp³-hybridized carbons (Fsp3) is 0.792. The Balaban J connectivity index is 1.50. The summed E-state index contributed by atoms with van der Waals surface area (Å²) < 4.78 is 7.69. The Labute approximate surface area is 190 Å². The van der Waals surface area contributed by atoms with E-state index in [0.717, 1.165) is 32.1 Å². The predicted molar refractivity (Wildman–Crippen MR) is 120 cm³/mol. The van der Waals surface area contributed by atoms with Crippen molar-refractivity contribution >= 4 is 11.8 Å². The molecule has 0 radical (unpaired) electrons. The molecule has 32 heavy (non-hydrogen) atoms. The number of nitrogens with two attached hydrogens (primary N) is 1. The average Bonchev–Trinajstić information content (AvgIpc) is 3.09. The molecule has 178 valence electrons. The summed E-state index contributed by atoms with van der Waals surface area (Å²) in [7, 11) is 0. The van der Waals surface area contributed by atoms with Gasteiger partial charge in [0.2, 0.25) is 11.8 Å². The minimum Gasteiger partial charge on any atom is -0.477 e. The molecule has 4 aliphatic carbocycles. The van der Waals surface area contributed by atoms with Crippen LogP contribution in [0.4, 0.5) is 0 Å². The standard InChI is InChI=1S/C24H38N4O4/c1-14(2)13-32-21-18(12-26-28(21)6-5-23(3,4)22(25)30)20(29)27-19-16-7-15-8-17(19)11-24(31,9-15)10-16/h12,14-17,19,31H,5-11,13H2,1-4H3,(H2,25,30)(H,27,29). The van der Waals surface area contributed by atoms with E-state index in [0.29, 0.717) is 54.7 Å². The predicted octanol–water partition coefficient (Wildman–Crippen LogP) is 2.49. The third kappa shape index (κ3) is 4.51. The average molecular weight is 447 g/mol. The summed E-state index contributed by atoms with van der Waals surface area (Å²) in [5.41, 5.74) is 4.74. The Morgan fingerprint density at radius 2 is 1.97 bits per heavy atom. The number of ether oxygens (including phenoxy) is 1. The van der Waals surface area contributed by atoms with Gasteiger partial charge in [-0.05, 0) is 62.2 Å². The summed E-state index contributed by atoms with van der Waals surface area (Å²) in [4.78, 5) is 25.0. The molecule has 0 aromatic carbocycles. The first-order valence-electron chi connectivity index (χ1n) is 12.0. The van der Waals surface area contributed by atoms with Gasteiger partial charge < -0.3 is 20.9 Å². The van der Waals surface area contributed by atoms with Crippen LogP contribution in [0.1, 0.15) is 76.6 Å². The van der Waals surface area contributed by atoms with Gasteiger partial charge >= 0.3 is 0 Å². The Kier molecular flexibility index (Phi) is 6.03. The van der Waals surface area contributed by atoms with E-state index in [2.05, 4.69) is 24.3 Å². The van der Waals surface area contributed by atoms with Crippen molar-refractivity contribution in [3.05, 3.63) is 11.8 Å². The quantitative estimate of drug-likeness (QED) is 0.538. The van der Waals surface area contributed by atoms with Crippen molar-refractivity contribution in [1.29, 1.82) is 0 Å². The lowest BCUT2D eigenvalue weighted by Crippen LogP contribution is -2.61. The fourth-order valence-electron chi connectivity index (χ4n) is 6.04. The second kappa shape index (κ2) is 8.36. The van der Waals surface area contributed by atoms with Crippen molar-refractivity contribution < 1.29 is 19.4 Å². The molecule has 1 aromatic rings. The molecule has 1 aromatic heterocycles. The third-order valence-corrected chi connectivity index (χ3v) is 7.74. The molecule has 0 aliphatic heterocycles. The lowest BCUT2D eigenvalue weighted by molar-refractivity contribution is -0.137. The first-order valence-corrected chi connectivity index (χ1v) is 12.0. The summed E-state index contributed by atoms with van der Waals surface area (Å²) in [6.07, 6.45) is 6.71. The van der Waals surface area contributed by atoms with E-state index >= 15 is 0 Å². The van der Waals surface area contributed by atoms with E-state index in [1.807, 2.05) is 0 Å². The summed E-state index contributed by atoms with van der Waals surface area (Å²) in [6, 6.07) is 0.0921. The number of carbonyl (C=O) groups is 2. The van der Waals surface area contributed by atoms with Crippen LogP contribution in [0.5, 0.6) is 5.88 Å². The maximum Gasteiger partial charge on any atom is 0.258 e. The highest BCUT2D eigenvalue weighted by Gasteiger charge is 2.55. The second-order valence-corrected chi connectivity index (χ2v) is 11.5. The first kappa shape index (κ1) is 23.1. The molecular formula is C24H38N4O4. The Bertz CT molecular complexity index is 861. The molecule has 0 saturated heterocycles. The number of rotatable bonds is 9. The molecule has 4 fully saturated rings. The first-order chi connectivity index (χ1) is 15.0. The van der Waals surface area contributed by atoms with Gasteiger partial charge in [0.15, 0.2) is 0 Å². The second-order valence-electron chi connectivity index (χ2n) is 11.5. The zero-order valence-electron chi connectivity index (χ0n) is 19.8. The number of nitrogens with one attached hydrogen (secondary N) is 1. The van der Waals surface area contributed by atoms with Crippen molar-refractivity contribution in [2.24, 2.45) is 34.8 Å². The topological polar surface area (TPSA) is 119 Å². The maximum atomic E-state index is 13.3. The summed E-state index contributed by atoms with van der Waals surface area (Å²) in [5, 5.41) is 18.5. The van der Waals surface area contributed by atoms with Crippen LogP contribution in [0.25, 0.3) is 0 Å². The molecule has 5 rings (SSSR count). The number of aromatic nitrogens is 2. The Hall–Kier alpha value is -2.09. The molecule has 1 heterocycles. The van der Waals surface area contributed by atoms with E-state index in [1.165, 1.54) is 0 Å². The smallest absolute Gasteiger partial charge is 0.258 e. The largest absolute Gasteiger partial charge is 0.477 e. The highest BCUT2D eigenvalue weighted by Crippen LogP contribution is 2.55. The molecule has 2 atom stereocenters. The van der Waals surface area contributed by atoms with Gasteiger partial charge in [0.25, 0.3) is 5.91 Å². The third-order valence-electron chi connectivity index (χ3n) is 7.74. The Morgan fingerprint density at radius 1 is 1.31 bits per heavy atom. The Morgan fingerprint density at radius 3 is 2.53 bits per heavy atom. The highest BCUT2D eigenvalue weighted by molar-refractivity contribution is 5.96. The van der Waals surface area contributed by atoms with E-state index < -0.39 is 11.0 Å². The van der Waals surface area contributed by atoms with Crippen molar-refractivity contribution in [1.82, 2.24) is 15.1 Å². The van der Waals surface area contributed by atoms with E-state index in [4.69, 9.17) is 10.5 Å². The summed E-state index contributed by atoms with van der Waals surface area (Å²) in [6.45, 7) is 8.61. The molecule has 2 amide bonds. The molecule has 4 bridgehead atoms. The lowest BCUT2D eigenvalue weighted by Gasteiger charge is -2.58. The van der Waals surface area contributed by atoms with Gasteiger partial charge in [-0.15, -0.1) is 0 Å². The monoisotopic (exact) mass is 446 g/mol. The van der Waals surface area contributed by atoms with Crippen molar-refractivity contribution in [3.8, 4) is 5.88 Å². The molecule has 0 spiro atoms. The van der Waals surface area contributed by atoms with Crippen LogP contribution in [0.2, 0.25) is 0 Å². The van der Waals surface area contributed by atoms with Gasteiger partial charge in [-0.25, -0.2) is 4.68 Å². The molecule has 8 heteroatoms. The van der Waals surface area contributed by atoms with Crippen molar-refractivity contribution in [2.45, 2.75) is 84.4 Å². The van der Waals surface area contributed by atoms with Crippen LogP contribution in [0, 0.1) is 29.1 Å². The highest BCUT2D eigenvalue weighted by atomic mass is 16.5. The molecule has 8 nitrogen and oxygen atoms in total. The SMILES string of the molecule is CC(C)COc1c(C(=O)NC2C3CC4CC2CC(O)(C4)C3)cnn1CCC(C)(C)C(N)=O. The summed E-state index contributed by atoms with van der Waals surface area (Å²) in [5.74, 6) is 1.46. The van der Waals surface area contributed by atoms with Crippen LogP contribution in [-0.2, 0) is 11.3 Å². The zero-order chi connectivity index (χ0) is 23.3. The number of hydrogen-bond donors (Lipinski definition) is 3. The minimum absolute atomic E-state index is 0.0921. The van der Waals surface area contributed by atoms with Gasteiger partial charge in [-0.3, -0.25) is 9.59 Å². The van der Waals surface area contributed by atoms with Gasteiger partial charge in [0.1, 0.15) is 5.56 Å². The van der Waals surface area contributed by atoms with E-state index in [1.54, 1.807) is 24.7 Å². The van der Waals surface area contributed by atoms with Crippen LogP contribution in [-0.4, -0.2) is 45.0 Å². The van der Waals surface area contributed by atoms with Crippen LogP contribution >= 0.6 is 0 Å². The molecular weight excluding hydrogens is 408 g/mol. The van der Waals surface area contributed by atoms with Gasteiger partial charge in [-0.2, -0.15) is 5.10 Å². The molecule has 4 N–H and O–H groups in total. The number of aliphatic hydroxyl groups is 1. The number of amides is 2. The fourth-order valence-corrected chi connectivity index (χ4v) is 6.04. The van der Waals surface area contributed by atoms with Gasteiger partial charge in [-0.1, -0.05) is 27.7 Å².